The molecule has 17 heavy (non-hydrogen) atoms. The molecule has 0 aromatic heterocycles. The molecule has 0 amide bonds. The minimum Gasteiger partial charge on any atom is -0.324 e. The van der Waals surface area contributed by atoms with Gasteiger partial charge in [0.2, 0.25) is 0 Å². The summed E-state index contributed by atoms with van der Waals surface area (Å²) in [5.41, 5.74) is 12.3. The molecule has 1 nitrogen and oxygen atoms in total. The third-order valence-electron chi connectivity index (χ3n) is 3.35. The van der Waals surface area contributed by atoms with Gasteiger partial charge in [-0.25, -0.2) is 0 Å². The van der Waals surface area contributed by atoms with E-state index in [1.165, 1.54) is 27.8 Å². The van der Waals surface area contributed by atoms with E-state index in [0.717, 1.165) is 0 Å². The van der Waals surface area contributed by atoms with Gasteiger partial charge in [-0.2, -0.15) is 0 Å². The first-order chi connectivity index (χ1) is 8.09. The average Bonchev–Trinajstić information content (AvgIpc) is 2.33. The molecule has 0 bridgehead atoms. The van der Waals surface area contributed by atoms with Crippen molar-refractivity contribution in [3.8, 4) is 11.1 Å². The Morgan fingerprint density at radius 3 is 2.18 bits per heavy atom. The van der Waals surface area contributed by atoms with Crippen molar-refractivity contribution in [3.63, 3.8) is 0 Å². The SMILES string of the molecule is Cc1cccc(-c2ccc(C(C)N)cc2)c1C. The lowest BCUT2D eigenvalue weighted by Crippen LogP contribution is -2.04. The van der Waals surface area contributed by atoms with E-state index in [-0.39, 0.29) is 6.04 Å². The lowest BCUT2D eigenvalue weighted by molar-refractivity contribution is 0.818. The fraction of sp³-hybridized carbons (Fsp3) is 0.250. The molecular weight excluding hydrogens is 206 g/mol. The largest absolute Gasteiger partial charge is 0.324 e. The molecule has 1 heteroatoms. The van der Waals surface area contributed by atoms with Gasteiger partial charge in [0.15, 0.2) is 0 Å². The summed E-state index contributed by atoms with van der Waals surface area (Å²) in [5, 5.41) is 0. The maximum Gasteiger partial charge on any atom is 0.0266 e. The van der Waals surface area contributed by atoms with Crippen molar-refractivity contribution < 1.29 is 0 Å². The number of rotatable bonds is 2. The molecule has 0 aliphatic rings. The smallest absolute Gasteiger partial charge is 0.0266 e. The van der Waals surface area contributed by atoms with Gasteiger partial charge in [-0.05, 0) is 48.6 Å². The van der Waals surface area contributed by atoms with E-state index >= 15 is 0 Å². The topological polar surface area (TPSA) is 26.0 Å². The summed E-state index contributed by atoms with van der Waals surface area (Å²) in [7, 11) is 0. The van der Waals surface area contributed by atoms with E-state index in [2.05, 4.69) is 56.3 Å². The van der Waals surface area contributed by atoms with Crippen molar-refractivity contribution in [2.24, 2.45) is 5.73 Å². The van der Waals surface area contributed by atoms with Crippen molar-refractivity contribution >= 4 is 0 Å². The van der Waals surface area contributed by atoms with Crippen molar-refractivity contribution in [1.82, 2.24) is 0 Å². The first-order valence-electron chi connectivity index (χ1n) is 6.01. The molecule has 0 heterocycles. The molecule has 2 rings (SSSR count). The number of aryl methyl sites for hydroxylation is 1. The van der Waals surface area contributed by atoms with Crippen molar-refractivity contribution in [1.29, 1.82) is 0 Å². The molecule has 0 aliphatic heterocycles. The second kappa shape index (κ2) is 4.72. The van der Waals surface area contributed by atoms with E-state index in [1.54, 1.807) is 0 Å². The average molecular weight is 225 g/mol. The number of nitrogens with two attached hydrogens (primary N) is 1. The molecule has 0 aliphatic carbocycles. The lowest BCUT2D eigenvalue weighted by Gasteiger charge is -2.10. The van der Waals surface area contributed by atoms with Gasteiger partial charge >= 0.3 is 0 Å². The van der Waals surface area contributed by atoms with Gasteiger partial charge in [0.05, 0.1) is 0 Å². The van der Waals surface area contributed by atoms with Gasteiger partial charge in [-0.1, -0.05) is 42.5 Å². The van der Waals surface area contributed by atoms with E-state index in [9.17, 15) is 0 Å². The van der Waals surface area contributed by atoms with Gasteiger partial charge in [-0.15, -0.1) is 0 Å². The first-order valence-corrected chi connectivity index (χ1v) is 6.01. The maximum absolute atomic E-state index is 5.86. The maximum atomic E-state index is 5.86. The van der Waals surface area contributed by atoms with Crippen LogP contribution in [0, 0.1) is 13.8 Å². The third-order valence-corrected chi connectivity index (χ3v) is 3.35. The van der Waals surface area contributed by atoms with Crippen molar-refractivity contribution in [2.75, 3.05) is 0 Å². The van der Waals surface area contributed by atoms with Crippen LogP contribution in [0.15, 0.2) is 42.5 Å². The highest BCUT2D eigenvalue weighted by atomic mass is 14.6. The normalized spacial score (nSPS) is 12.5. The molecule has 0 saturated heterocycles. The Morgan fingerprint density at radius 2 is 1.59 bits per heavy atom. The molecule has 0 fully saturated rings. The summed E-state index contributed by atoms with van der Waals surface area (Å²) in [6.45, 7) is 6.33. The lowest BCUT2D eigenvalue weighted by atomic mass is 9.96. The summed E-state index contributed by atoms with van der Waals surface area (Å²) < 4.78 is 0. The van der Waals surface area contributed by atoms with Crippen LogP contribution in [0.2, 0.25) is 0 Å². The van der Waals surface area contributed by atoms with Crippen LogP contribution in [0.1, 0.15) is 29.7 Å². The second-order valence-corrected chi connectivity index (χ2v) is 4.66. The number of hydrogen-bond acceptors (Lipinski definition) is 1. The highest BCUT2D eigenvalue weighted by Crippen LogP contribution is 2.26. The molecule has 88 valence electrons. The van der Waals surface area contributed by atoms with Gasteiger partial charge in [0.1, 0.15) is 0 Å². The van der Waals surface area contributed by atoms with Gasteiger partial charge < -0.3 is 5.73 Å². The summed E-state index contributed by atoms with van der Waals surface area (Å²) in [5.74, 6) is 0. The highest BCUT2D eigenvalue weighted by Gasteiger charge is 2.04. The van der Waals surface area contributed by atoms with Crippen molar-refractivity contribution in [2.45, 2.75) is 26.8 Å². The summed E-state index contributed by atoms with van der Waals surface area (Å²) in [4.78, 5) is 0. The van der Waals surface area contributed by atoms with Crippen LogP contribution in [0.4, 0.5) is 0 Å². The van der Waals surface area contributed by atoms with E-state index < -0.39 is 0 Å². The van der Waals surface area contributed by atoms with Crippen LogP contribution in [0.5, 0.6) is 0 Å². The Hall–Kier alpha value is -1.60. The second-order valence-electron chi connectivity index (χ2n) is 4.66. The minimum absolute atomic E-state index is 0.0997. The van der Waals surface area contributed by atoms with Crippen LogP contribution in [-0.4, -0.2) is 0 Å². The molecule has 1 atom stereocenters. The van der Waals surface area contributed by atoms with Crippen molar-refractivity contribution in [3.05, 3.63) is 59.2 Å². The Bertz CT molecular complexity index is 510. The van der Waals surface area contributed by atoms with Crippen LogP contribution < -0.4 is 5.73 Å². The van der Waals surface area contributed by atoms with Gasteiger partial charge in [0.25, 0.3) is 0 Å². The van der Waals surface area contributed by atoms with E-state index in [0.29, 0.717) is 0 Å². The number of hydrogen-bond donors (Lipinski definition) is 1. The molecule has 2 N–H and O–H groups in total. The van der Waals surface area contributed by atoms with E-state index in [4.69, 9.17) is 5.73 Å². The highest BCUT2D eigenvalue weighted by molar-refractivity contribution is 5.68. The van der Waals surface area contributed by atoms with Gasteiger partial charge in [0, 0.05) is 6.04 Å². The van der Waals surface area contributed by atoms with Crippen LogP contribution in [0.25, 0.3) is 11.1 Å². The van der Waals surface area contributed by atoms with E-state index in [1.807, 2.05) is 6.92 Å². The third kappa shape index (κ3) is 2.40. The molecule has 0 spiro atoms. The zero-order chi connectivity index (χ0) is 12.4. The molecule has 0 saturated carbocycles. The zero-order valence-electron chi connectivity index (χ0n) is 10.7. The monoisotopic (exact) mass is 225 g/mol. The fourth-order valence-corrected chi connectivity index (χ4v) is 2.03. The molecular formula is C16H19N. The standard InChI is InChI=1S/C16H19N/c1-11-5-4-6-16(12(11)2)15-9-7-14(8-10-15)13(3)17/h4-10,13H,17H2,1-3H3. The zero-order valence-corrected chi connectivity index (χ0v) is 10.7. The quantitative estimate of drug-likeness (QED) is 0.821. The minimum atomic E-state index is 0.0997. The Morgan fingerprint density at radius 1 is 0.941 bits per heavy atom. The molecule has 2 aromatic carbocycles. The summed E-state index contributed by atoms with van der Waals surface area (Å²) in [6, 6.07) is 15.1. The summed E-state index contributed by atoms with van der Waals surface area (Å²) in [6.07, 6.45) is 0. The van der Waals surface area contributed by atoms with Gasteiger partial charge in [-0.3, -0.25) is 0 Å². The predicted octanol–water partition coefficient (Wildman–Crippen LogP) is 3.99. The Balaban J connectivity index is 2.43. The first kappa shape index (κ1) is 11.9. The fourth-order valence-electron chi connectivity index (χ4n) is 2.03. The summed E-state index contributed by atoms with van der Waals surface area (Å²) >= 11 is 0. The predicted molar refractivity (Wildman–Crippen MR) is 74.0 cm³/mol. The molecule has 0 radical (unpaired) electrons. The molecule has 1 unspecified atom stereocenters. The Kier molecular flexibility index (Phi) is 3.30. The molecule has 2 aromatic rings. The number of benzene rings is 2. The van der Waals surface area contributed by atoms with Crippen LogP contribution >= 0.6 is 0 Å². The van der Waals surface area contributed by atoms with Crippen LogP contribution in [0.3, 0.4) is 0 Å². The Labute approximate surface area is 103 Å². The van der Waals surface area contributed by atoms with Crippen LogP contribution in [-0.2, 0) is 0 Å².